The molecule has 0 aliphatic rings. The van der Waals surface area contributed by atoms with Gasteiger partial charge >= 0.3 is 0 Å². The zero-order chi connectivity index (χ0) is 12.0. The maximum atomic E-state index is 6.13. The Bertz CT molecular complexity index is 689. The van der Waals surface area contributed by atoms with Crippen LogP contribution >= 0.6 is 0 Å². The van der Waals surface area contributed by atoms with Crippen LogP contribution in [0.2, 0.25) is 0 Å². The number of rotatable bonds is 1. The van der Waals surface area contributed by atoms with Crippen LogP contribution in [0.15, 0.2) is 36.7 Å². The number of H-pyrrole nitrogens is 1. The molecule has 2 heterocycles. The first-order valence-electron chi connectivity index (χ1n) is 5.70. The van der Waals surface area contributed by atoms with E-state index in [-0.39, 0.29) is 5.54 Å². The summed E-state index contributed by atoms with van der Waals surface area (Å²) in [5, 5.41) is 2.33. The second kappa shape index (κ2) is 3.31. The van der Waals surface area contributed by atoms with Crippen molar-refractivity contribution in [2.45, 2.75) is 19.4 Å². The Morgan fingerprint density at radius 1 is 1.12 bits per heavy atom. The van der Waals surface area contributed by atoms with Gasteiger partial charge in [0.25, 0.3) is 0 Å². The summed E-state index contributed by atoms with van der Waals surface area (Å²) in [7, 11) is 0. The number of pyridine rings is 1. The molecule has 0 unspecified atom stereocenters. The monoisotopic (exact) mass is 225 g/mol. The number of nitrogens with two attached hydrogens (primary N) is 1. The third-order valence-corrected chi connectivity index (χ3v) is 3.14. The molecule has 0 bridgehead atoms. The topological polar surface area (TPSA) is 54.7 Å². The van der Waals surface area contributed by atoms with E-state index in [2.05, 4.69) is 28.2 Å². The molecule has 0 amide bonds. The van der Waals surface area contributed by atoms with Gasteiger partial charge < -0.3 is 10.7 Å². The number of fused-ring (bicyclic) bond motifs is 3. The molecular formula is C14H15N3. The van der Waals surface area contributed by atoms with E-state index < -0.39 is 0 Å². The maximum Gasteiger partial charge on any atom is 0.0495 e. The van der Waals surface area contributed by atoms with Gasteiger partial charge in [-0.3, -0.25) is 4.98 Å². The minimum absolute atomic E-state index is 0.319. The van der Waals surface area contributed by atoms with E-state index in [0.29, 0.717) is 0 Å². The SMILES string of the molecule is CC(C)(N)c1ccc2[nH]c3ccncc3c2c1. The Labute approximate surface area is 99.7 Å². The Morgan fingerprint density at radius 2 is 1.88 bits per heavy atom. The van der Waals surface area contributed by atoms with Crippen LogP contribution < -0.4 is 5.73 Å². The lowest BCUT2D eigenvalue weighted by Crippen LogP contribution is -2.28. The third-order valence-electron chi connectivity index (χ3n) is 3.14. The standard InChI is InChI=1S/C14H15N3/c1-14(2,15)9-3-4-12-10(7-9)11-8-16-6-5-13(11)17-12/h3-8,17H,15H2,1-2H3. The highest BCUT2D eigenvalue weighted by Gasteiger charge is 2.15. The van der Waals surface area contributed by atoms with Crippen molar-refractivity contribution >= 4 is 21.8 Å². The maximum absolute atomic E-state index is 6.13. The van der Waals surface area contributed by atoms with Gasteiger partial charge in [-0.25, -0.2) is 0 Å². The van der Waals surface area contributed by atoms with Crippen molar-refractivity contribution in [3.05, 3.63) is 42.2 Å². The first kappa shape index (κ1) is 10.3. The molecule has 0 fully saturated rings. The van der Waals surface area contributed by atoms with Crippen LogP contribution in [0.3, 0.4) is 0 Å². The summed E-state index contributed by atoms with van der Waals surface area (Å²) < 4.78 is 0. The van der Waals surface area contributed by atoms with Crippen molar-refractivity contribution in [2.75, 3.05) is 0 Å². The molecule has 3 heteroatoms. The quantitative estimate of drug-likeness (QED) is 0.669. The van der Waals surface area contributed by atoms with Crippen molar-refractivity contribution in [3.8, 4) is 0 Å². The number of benzene rings is 1. The van der Waals surface area contributed by atoms with Gasteiger partial charge in [-0.1, -0.05) is 6.07 Å². The highest BCUT2D eigenvalue weighted by Crippen LogP contribution is 2.28. The molecule has 0 saturated carbocycles. The van der Waals surface area contributed by atoms with E-state index in [1.54, 1.807) is 6.20 Å². The third kappa shape index (κ3) is 1.59. The number of aromatic amines is 1. The van der Waals surface area contributed by atoms with Crippen LogP contribution in [0.1, 0.15) is 19.4 Å². The minimum Gasteiger partial charge on any atom is -0.354 e. The first-order valence-corrected chi connectivity index (χ1v) is 5.70. The number of aromatic nitrogens is 2. The number of hydrogen-bond acceptors (Lipinski definition) is 2. The smallest absolute Gasteiger partial charge is 0.0495 e. The molecule has 3 aromatic rings. The molecule has 0 aliphatic heterocycles. The van der Waals surface area contributed by atoms with Gasteiger partial charge in [-0.15, -0.1) is 0 Å². The Morgan fingerprint density at radius 3 is 2.65 bits per heavy atom. The second-order valence-corrected chi connectivity index (χ2v) is 5.03. The summed E-state index contributed by atoms with van der Waals surface area (Å²) in [5.74, 6) is 0. The van der Waals surface area contributed by atoms with Gasteiger partial charge in [0.2, 0.25) is 0 Å². The van der Waals surface area contributed by atoms with E-state index in [9.17, 15) is 0 Å². The van der Waals surface area contributed by atoms with Crippen molar-refractivity contribution in [3.63, 3.8) is 0 Å². The molecule has 0 aliphatic carbocycles. The minimum atomic E-state index is -0.319. The molecule has 3 nitrogen and oxygen atoms in total. The van der Waals surface area contributed by atoms with Gasteiger partial charge in [0.05, 0.1) is 0 Å². The van der Waals surface area contributed by atoms with Crippen molar-refractivity contribution in [1.29, 1.82) is 0 Å². The fourth-order valence-corrected chi connectivity index (χ4v) is 2.14. The number of nitrogens with one attached hydrogen (secondary N) is 1. The lowest BCUT2D eigenvalue weighted by Gasteiger charge is -2.19. The van der Waals surface area contributed by atoms with Crippen LogP contribution in [-0.2, 0) is 5.54 Å². The highest BCUT2D eigenvalue weighted by molar-refractivity contribution is 6.06. The largest absolute Gasteiger partial charge is 0.354 e. The molecule has 86 valence electrons. The molecule has 2 aromatic heterocycles. The molecule has 17 heavy (non-hydrogen) atoms. The molecule has 1 aromatic carbocycles. The Kier molecular flexibility index (Phi) is 2.00. The van der Waals surface area contributed by atoms with E-state index >= 15 is 0 Å². The first-order chi connectivity index (χ1) is 8.05. The summed E-state index contributed by atoms with van der Waals surface area (Å²) >= 11 is 0. The van der Waals surface area contributed by atoms with Crippen molar-refractivity contribution in [2.24, 2.45) is 5.73 Å². The van der Waals surface area contributed by atoms with Gasteiger partial charge in [0.15, 0.2) is 0 Å². The summed E-state index contributed by atoms with van der Waals surface area (Å²) in [4.78, 5) is 7.55. The zero-order valence-corrected chi connectivity index (χ0v) is 9.99. The summed E-state index contributed by atoms with van der Waals surface area (Å²) in [5.41, 5.74) is 9.19. The molecule has 3 N–H and O–H groups in total. The average molecular weight is 225 g/mol. The lowest BCUT2D eigenvalue weighted by atomic mass is 9.94. The van der Waals surface area contributed by atoms with E-state index in [4.69, 9.17) is 5.73 Å². The van der Waals surface area contributed by atoms with Gasteiger partial charge in [-0.05, 0) is 37.6 Å². The summed E-state index contributed by atoms with van der Waals surface area (Å²) in [6.45, 7) is 4.03. The summed E-state index contributed by atoms with van der Waals surface area (Å²) in [6.07, 6.45) is 3.69. The predicted molar refractivity (Wildman–Crippen MR) is 70.8 cm³/mol. The molecule has 0 atom stereocenters. The molecule has 3 rings (SSSR count). The molecule has 0 saturated heterocycles. The fourth-order valence-electron chi connectivity index (χ4n) is 2.14. The average Bonchev–Trinajstić information content (AvgIpc) is 2.65. The fraction of sp³-hybridized carbons (Fsp3) is 0.214. The summed E-state index contributed by atoms with van der Waals surface area (Å²) in [6, 6.07) is 8.29. The van der Waals surface area contributed by atoms with E-state index in [1.165, 1.54) is 5.39 Å². The van der Waals surface area contributed by atoms with Gasteiger partial charge in [0.1, 0.15) is 0 Å². The van der Waals surface area contributed by atoms with Crippen LogP contribution in [0.5, 0.6) is 0 Å². The second-order valence-electron chi connectivity index (χ2n) is 5.03. The van der Waals surface area contributed by atoms with Crippen LogP contribution in [-0.4, -0.2) is 9.97 Å². The van der Waals surface area contributed by atoms with Gasteiger partial charge in [0, 0.05) is 39.7 Å². The van der Waals surface area contributed by atoms with Gasteiger partial charge in [-0.2, -0.15) is 0 Å². The van der Waals surface area contributed by atoms with E-state index in [0.717, 1.165) is 22.0 Å². The number of hydrogen-bond donors (Lipinski definition) is 2. The molecule has 0 radical (unpaired) electrons. The zero-order valence-electron chi connectivity index (χ0n) is 9.99. The van der Waals surface area contributed by atoms with Crippen molar-refractivity contribution in [1.82, 2.24) is 9.97 Å². The Balaban J connectivity index is 2.38. The Hall–Kier alpha value is -1.87. The normalized spacial score (nSPS) is 12.4. The highest BCUT2D eigenvalue weighted by atomic mass is 14.7. The number of nitrogens with zero attached hydrogens (tertiary/aromatic N) is 1. The van der Waals surface area contributed by atoms with Crippen LogP contribution in [0.25, 0.3) is 21.8 Å². The molecular weight excluding hydrogens is 210 g/mol. The van der Waals surface area contributed by atoms with E-state index in [1.807, 2.05) is 26.1 Å². The predicted octanol–water partition coefficient (Wildman–Crippen LogP) is 2.91. The van der Waals surface area contributed by atoms with Crippen LogP contribution in [0.4, 0.5) is 0 Å². The van der Waals surface area contributed by atoms with Crippen LogP contribution in [0, 0.1) is 0 Å². The lowest BCUT2D eigenvalue weighted by molar-refractivity contribution is 0.555. The molecule has 0 spiro atoms. The van der Waals surface area contributed by atoms with Crippen molar-refractivity contribution < 1.29 is 0 Å².